The summed E-state index contributed by atoms with van der Waals surface area (Å²) in [5.74, 6) is 1.45. The molecule has 3 N–H and O–H groups in total. The van der Waals surface area contributed by atoms with Crippen LogP contribution in [0.5, 0.6) is 5.75 Å². The minimum atomic E-state index is 0. The maximum absolute atomic E-state index is 6.21. The Labute approximate surface area is 196 Å². The average molecular weight is 521 g/mol. The van der Waals surface area contributed by atoms with Gasteiger partial charge in [0.05, 0.1) is 19.2 Å². The summed E-state index contributed by atoms with van der Waals surface area (Å²) >= 11 is 0. The molecule has 2 aromatic rings. The Hall–Kier alpha value is -2.00. The van der Waals surface area contributed by atoms with E-state index >= 15 is 0 Å². The number of para-hydroxylation sites is 2. The molecule has 0 amide bonds. The molecule has 2 aliphatic rings. The number of piperazine rings is 1. The molecule has 0 bridgehead atoms. The van der Waals surface area contributed by atoms with Crippen molar-refractivity contribution in [2.24, 2.45) is 10.7 Å². The third-order valence-corrected chi connectivity index (χ3v) is 5.87. The number of nitrogens with zero attached hydrogens (tertiary/aromatic N) is 3. The van der Waals surface area contributed by atoms with E-state index in [0.29, 0.717) is 25.2 Å². The third-order valence-electron chi connectivity index (χ3n) is 5.87. The molecule has 162 valence electrons. The Morgan fingerprint density at radius 1 is 1.10 bits per heavy atom. The SMILES string of the molecule is CC(CN=C(N)NC1CCOc2ccccc21)N1CCN(c2ccccc2)CC1.I. The van der Waals surface area contributed by atoms with E-state index in [1.807, 2.05) is 18.2 Å². The van der Waals surface area contributed by atoms with Gasteiger partial charge in [-0.25, -0.2) is 0 Å². The van der Waals surface area contributed by atoms with Gasteiger partial charge in [0.1, 0.15) is 5.75 Å². The fraction of sp³-hybridized carbons (Fsp3) is 0.435. The number of anilines is 1. The molecule has 2 heterocycles. The second-order valence-electron chi connectivity index (χ2n) is 7.81. The first kappa shape index (κ1) is 22.7. The van der Waals surface area contributed by atoms with Gasteiger partial charge < -0.3 is 20.7 Å². The summed E-state index contributed by atoms with van der Waals surface area (Å²) in [7, 11) is 0. The molecule has 0 aromatic heterocycles. The topological polar surface area (TPSA) is 66.1 Å². The van der Waals surface area contributed by atoms with E-state index in [0.717, 1.165) is 43.9 Å². The summed E-state index contributed by atoms with van der Waals surface area (Å²) in [5, 5.41) is 3.38. The molecule has 6 nitrogen and oxygen atoms in total. The number of fused-ring (bicyclic) bond motifs is 1. The van der Waals surface area contributed by atoms with E-state index < -0.39 is 0 Å². The quantitative estimate of drug-likeness (QED) is 0.360. The van der Waals surface area contributed by atoms with Crippen LogP contribution in [0.4, 0.5) is 5.69 Å². The van der Waals surface area contributed by atoms with Gasteiger partial charge in [-0.2, -0.15) is 0 Å². The normalized spacial score (nSPS) is 20.5. The second-order valence-corrected chi connectivity index (χ2v) is 7.81. The molecule has 0 aliphatic carbocycles. The second kappa shape index (κ2) is 10.9. The molecule has 30 heavy (non-hydrogen) atoms. The number of guanidine groups is 1. The van der Waals surface area contributed by atoms with Gasteiger partial charge in [0.2, 0.25) is 0 Å². The Morgan fingerprint density at radius 2 is 1.80 bits per heavy atom. The van der Waals surface area contributed by atoms with Crippen molar-refractivity contribution < 1.29 is 4.74 Å². The summed E-state index contributed by atoms with van der Waals surface area (Å²) in [4.78, 5) is 9.58. The number of aliphatic imine (C=N–C) groups is 1. The molecule has 0 saturated carbocycles. The van der Waals surface area contributed by atoms with E-state index in [4.69, 9.17) is 10.5 Å². The number of hydrogen-bond donors (Lipinski definition) is 2. The van der Waals surface area contributed by atoms with Gasteiger partial charge in [-0.15, -0.1) is 24.0 Å². The zero-order chi connectivity index (χ0) is 20.1. The first-order valence-corrected chi connectivity index (χ1v) is 10.5. The highest BCUT2D eigenvalue weighted by atomic mass is 127. The van der Waals surface area contributed by atoms with Crippen molar-refractivity contribution in [2.75, 3.05) is 44.2 Å². The van der Waals surface area contributed by atoms with Gasteiger partial charge in [0.25, 0.3) is 0 Å². The van der Waals surface area contributed by atoms with Crippen molar-refractivity contribution >= 4 is 35.6 Å². The molecule has 7 heteroatoms. The number of halogens is 1. The molecule has 2 aliphatic heterocycles. The van der Waals surface area contributed by atoms with Gasteiger partial charge in [0.15, 0.2) is 5.96 Å². The fourth-order valence-corrected chi connectivity index (χ4v) is 4.12. The summed E-state index contributed by atoms with van der Waals surface area (Å²) in [6.45, 7) is 7.83. The first-order chi connectivity index (χ1) is 14.2. The lowest BCUT2D eigenvalue weighted by molar-refractivity contribution is 0.201. The maximum atomic E-state index is 6.21. The van der Waals surface area contributed by atoms with Crippen LogP contribution in [0.2, 0.25) is 0 Å². The van der Waals surface area contributed by atoms with Crippen LogP contribution in [-0.2, 0) is 0 Å². The van der Waals surface area contributed by atoms with Gasteiger partial charge >= 0.3 is 0 Å². The molecule has 0 radical (unpaired) electrons. The van der Waals surface area contributed by atoms with Crippen LogP contribution < -0.4 is 20.7 Å². The van der Waals surface area contributed by atoms with Crippen LogP contribution in [0.3, 0.4) is 0 Å². The molecule has 2 atom stereocenters. The molecular weight excluding hydrogens is 489 g/mol. The zero-order valence-corrected chi connectivity index (χ0v) is 19.9. The standard InChI is InChI=1S/C23H31N5O.HI/c1-18(27-12-14-28(15-13-27)19-7-3-2-4-8-19)17-25-23(24)26-21-11-16-29-22-10-6-5-9-20(21)22;/h2-10,18,21H,11-17H2,1H3,(H3,24,25,26);1H. The molecule has 1 fully saturated rings. The predicted molar refractivity (Wildman–Crippen MR) is 134 cm³/mol. The molecule has 1 saturated heterocycles. The molecule has 2 unspecified atom stereocenters. The molecule has 2 aromatic carbocycles. The van der Waals surface area contributed by atoms with Crippen molar-refractivity contribution in [2.45, 2.75) is 25.4 Å². The molecular formula is C23H32IN5O. The van der Waals surface area contributed by atoms with Gasteiger partial charge in [-0.3, -0.25) is 9.89 Å². The minimum absolute atomic E-state index is 0. The lowest BCUT2D eigenvalue weighted by Gasteiger charge is -2.38. The van der Waals surface area contributed by atoms with Gasteiger partial charge in [-0.05, 0) is 25.1 Å². The average Bonchev–Trinajstić information content (AvgIpc) is 2.78. The van der Waals surface area contributed by atoms with Crippen LogP contribution in [0.1, 0.15) is 24.9 Å². The monoisotopic (exact) mass is 521 g/mol. The number of benzene rings is 2. The number of ether oxygens (including phenoxy) is 1. The van der Waals surface area contributed by atoms with E-state index in [1.54, 1.807) is 0 Å². The summed E-state index contributed by atoms with van der Waals surface area (Å²) in [6, 6.07) is 19.3. The first-order valence-electron chi connectivity index (χ1n) is 10.5. The number of rotatable bonds is 5. The van der Waals surface area contributed by atoms with Crippen LogP contribution in [0.15, 0.2) is 59.6 Å². The summed E-state index contributed by atoms with van der Waals surface area (Å²) in [5.41, 5.74) is 8.67. The smallest absolute Gasteiger partial charge is 0.189 e. The highest BCUT2D eigenvalue weighted by Gasteiger charge is 2.23. The Bertz CT molecular complexity index is 823. The van der Waals surface area contributed by atoms with Crippen molar-refractivity contribution in [3.05, 3.63) is 60.2 Å². The third kappa shape index (κ3) is 5.57. The largest absolute Gasteiger partial charge is 0.493 e. The zero-order valence-electron chi connectivity index (χ0n) is 17.5. The lowest BCUT2D eigenvalue weighted by atomic mass is 10.0. The van der Waals surface area contributed by atoms with Gasteiger partial charge in [-0.1, -0.05) is 36.4 Å². The van der Waals surface area contributed by atoms with Crippen LogP contribution in [-0.4, -0.2) is 56.2 Å². The van der Waals surface area contributed by atoms with Crippen molar-refractivity contribution in [1.82, 2.24) is 10.2 Å². The molecule has 4 rings (SSSR count). The highest BCUT2D eigenvalue weighted by Crippen LogP contribution is 2.31. The minimum Gasteiger partial charge on any atom is -0.493 e. The van der Waals surface area contributed by atoms with E-state index in [-0.39, 0.29) is 30.0 Å². The Balaban J connectivity index is 0.00000256. The van der Waals surface area contributed by atoms with Crippen molar-refractivity contribution in [3.63, 3.8) is 0 Å². The number of nitrogens with one attached hydrogen (secondary N) is 1. The van der Waals surface area contributed by atoms with Crippen molar-refractivity contribution in [3.8, 4) is 5.75 Å². The lowest BCUT2D eigenvalue weighted by Crippen LogP contribution is -2.50. The van der Waals surface area contributed by atoms with Gasteiger partial charge in [0, 0.05) is 49.9 Å². The summed E-state index contributed by atoms with van der Waals surface area (Å²) < 4.78 is 5.72. The highest BCUT2D eigenvalue weighted by molar-refractivity contribution is 14.0. The van der Waals surface area contributed by atoms with Crippen LogP contribution in [0, 0.1) is 0 Å². The maximum Gasteiger partial charge on any atom is 0.189 e. The Kier molecular flexibility index (Phi) is 8.21. The van der Waals surface area contributed by atoms with E-state index in [9.17, 15) is 0 Å². The molecule has 0 spiro atoms. The van der Waals surface area contributed by atoms with Crippen LogP contribution >= 0.6 is 24.0 Å². The fourth-order valence-electron chi connectivity index (χ4n) is 4.12. The van der Waals surface area contributed by atoms with E-state index in [2.05, 4.69) is 63.4 Å². The van der Waals surface area contributed by atoms with Crippen molar-refractivity contribution in [1.29, 1.82) is 0 Å². The predicted octanol–water partition coefficient (Wildman–Crippen LogP) is 3.24. The van der Waals surface area contributed by atoms with Crippen LogP contribution in [0.25, 0.3) is 0 Å². The number of nitrogens with two attached hydrogens (primary N) is 1. The summed E-state index contributed by atoms with van der Waals surface area (Å²) in [6.07, 6.45) is 0.893. The Morgan fingerprint density at radius 3 is 2.57 bits per heavy atom. The number of hydrogen-bond acceptors (Lipinski definition) is 4. The van der Waals surface area contributed by atoms with E-state index in [1.165, 1.54) is 5.69 Å².